The van der Waals surface area contributed by atoms with Crippen LogP contribution in [0.2, 0.25) is 0 Å². The van der Waals surface area contributed by atoms with Gasteiger partial charge in [0.05, 0.1) is 6.61 Å². The number of carbonyl (C=O) groups is 2. The van der Waals surface area contributed by atoms with Gasteiger partial charge in [0.15, 0.2) is 5.78 Å². The Morgan fingerprint density at radius 2 is 1.82 bits per heavy atom. The van der Waals surface area contributed by atoms with Crippen LogP contribution < -0.4 is 4.74 Å². The van der Waals surface area contributed by atoms with E-state index in [1.165, 1.54) is 0 Å². The number of rotatable bonds is 3. The van der Waals surface area contributed by atoms with Gasteiger partial charge in [0, 0.05) is 17.5 Å². The second kappa shape index (κ2) is 5.64. The number of carbonyl (C=O) groups excluding carboxylic acids is 2. The second-order valence-corrected chi connectivity index (χ2v) is 5.08. The van der Waals surface area contributed by atoms with E-state index in [4.69, 9.17) is 9.47 Å². The average Bonchev–Trinajstić information content (AvgIpc) is 2.55. The van der Waals surface area contributed by atoms with E-state index in [0.29, 0.717) is 11.3 Å². The first-order valence-electron chi connectivity index (χ1n) is 7.21. The molecule has 0 aliphatic carbocycles. The molecule has 0 spiro atoms. The third kappa shape index (κ3) is 2.17. The van der Waals surface area contributed by atoms with Gasteiger partial charge < -0.3 is 9.47 Å². The minimum atomic E-state index is -1.72. The monoisotopic (exact) mass is 296 g/mol. The molecule has 2 aromatic rings. The van der Waals surface area contributed by atoms with Gasteiger partial charge in [-0.3, -0.25) is 4.79 Å². The topological polar surface area (TPSA) is 52.6 Å². The molecule has 0 radical (unpaired) electrons. The Bertz CT molecular complexity index is 708. The summed E-state index contributed by atoms with van der Waals surface area (Å²) in [7, 11) is 0. The lowest BCUT2D eigenvalue weighted by atomic mass is 9.83. The Labute approximate surface area is 128 Å². The fourth-order valence-electron chi connectivity index (χ4n) is 2.67. The molecule has 1 atom stereocenters. The third-order valence-electron chi connectivity index (χ3n) is 3.72. The fourth-order valence-corrected chi connectivity index (χ4v) is 2.67. The van der Waals surface area contributed by atoms with Crippen LogP contribution in [0.3, 0.4) is 0 Å². The Balaban J connectivity index is 2.15. The molecule has 1 aliphatic rings. The molecular weight excluding hydrogens is 280 g/mol. The first-order chi connectivity index (χ1) is 10.7. The predicted molar refractivity (Wildman–Crippen MR) is 80.5 cm³/mol. The third-order valence-corrected chi connectivity index (χ3v) is 3.72. The van der Waals surface area contributed by atoms with Crippen molar-refractivity contribution in [2.75, 3.05) is 6.61 Å². The maximum Gasteiger partial charge on any atom is 0.363 e. The molecule has 112 valence electrons. The number of ketones is 1. The first kappa shape index (κ1) is 14.3. The minimum absolute atomic E-state index is 0.143. The van der Waals surface area contributed by atoms with Crippen LogP contribution in [0.1, 0.15) is 18.1 Å². The number of hydrogen-bond acceptors (Lipinski definition) is 4. The molecule has 0 amide bonds. The number of Topliss-reactive ketones (excluding diaryl/α,β-unsaturated/α-hetero) is 1. The van der Waals surface area contributed by atoms with Crippen molar-refractivity contribution in [1.29, 1.82) is 0 Å². The Hall–Kier alpha value is -2.62. The molecule has 0 fully saturated rings. The van der Waals surface area contributed by atoms with Gasteiger partial charge in [0.2, 0.25) is 0 Å². The molecular formula is C18H16O4. The van der Waals surface area contributed by atoms with Crippen LogP contribution in [0.25, 0.3) is 0 Å². The van der Waals surface area contributed by atoms with Gasteiger partial charge in [-0.25, -0.2) is 4.79 Å². The van der Waals surface area contributed by atoms with E-state index in [2.05, 4.69) is 0 Å². The number of benzene rings is 2. The van der Waals surface area contributed by atoms with Crippen molar-refractivity contribution in [3.05, 3.63) is 65.7 Å². The summed E-state index contributed by atoms with van der Waals surface area (Å²) in [5, 5.41) is 0. The molecule has 0 saturated heterocycles. The van der Waals surface area contributed by atoms with Crippen molar-refractivity contribution in [3.8, 4) is 5.75 Å². The zero-order chi connectivity index (χ0) is 15.6. The van der Waals surface area contributed by atoms with Gasteiger partial charge in [0.25, 0.3) is 5.60 Å². The minimum Gasteiger partial charge on any atom is -0.462 e. The molecule has 0 saturated carbocycles. The second-order valence-electron chi connectivity index (χ2n) is 5.08. The molecule has 22 heavy (non-hydrogen) atoms. The summed E-state index contributed by atoms with van der Waals surface area (Å²) < 4.78 is 11.0. The van der Waals surface area contributed by atoms with Crippen molar-refractivity contribution < 1.29 is 19.1 Å². The van der Waals surface area contributed by atoms with Crippen molar-refractivity contribution >= 4 is 11.8 Å². The maximum absolute atomic E-state index is 12.8. The zero-order valence-electron chi connectivity index (χ0n) is 12.2. The molecule has 0 bridgehead atoms. The normalized spacial score (nSPS) is 20.0. The van der Waals surface area contributed by atoms with Gasteiger partial charge in [-0.1, -0.05) is 48.5 Å². The van der Waals surface area contributed by atoms with Gasteiger partial charge in [-0.2, -0.15) is 0 Å². The molecule has 1 heterocycles. The number of fused-ring (bicyclic) bond motifs is 1. The highest BCUT2D eigenvalue weighted by Gasteiger charge is 2.53. The van der Waals surface area contributed by atoms with Crippen LogP contribution in [-0.4, -0.2) is 18.4 Å². The number of hydrogen-bond donors (Lipinski definition) is 0. The fraction of sp³-hybridized carbons (Fsp3) is 0.222. The first-order valence-corrected chi connectivity index (χ1v) is 7.21. The van der Waals surface area contributed by atoms with Crippen molar-refractivity contribution in [3.63, 3.8) is 0 Å². The van der Waals surface area contributed by atoms with Crippen LogP contribution in [0.4, 0.5) is 0 Å². The summed E-state index contributed by atoms with van der Waals surface area (Å²) in [4.78, 5) is 25.3. The number of ether oxygens (including phenoxy) is 2. The van der Waals surface area contributed by atoms with E-state index in [9.17, 15) is 9.59 Å². The van der Waals surface area contributed by atoms with E-state index in [1.807, 2.05) is 24.3 Å². The molecule has 1 aliphatic heterocycles. The van der Waals surface area contributed by atoms with Crippen molar-refractivity contribution in [2.24, 2.45) is 0 Å². The lowest BCUT2D eigenvalue weighted by Crippen LogP contribution is -2.52. The molecule has 4 heteroatoms. The molecule has 0 aromatic heterocycles. The van der Waals surface area contributed by atoms with Gasteiger partial charge in [-0.05, 0) is 13.0 Å². The Kier molecular flexibility index (Phi) is 3.67. The van der Waals surface area contributed by atoms with E-state index >= 15 is 0 Å². The van der Waals surface area contributed by atoms with Gasteiger partial charge in [-0.15, -0.1) is 0 Å². The summed E-state index contributed by atoms with van der Waals surface area (Å²) in [5.41, 5.74) is -0.442. The number of esters is 1. The molecule has 1 unspecified atom stereocenters. The Morgan fingerprint density at radius 3 is 2.55 bits per heavy atom. The lowest BCUT2D eigenvalue weighted by Gasteiger charge is -2.35. The standard InChI is InChI=1S/C18H16O4/c1-2-21-17(20)18(14-9-4-3-5-10-14)16(19)12-13-8-6-7-11-15(13)22-18/h3-11H,2,12H2,1H3. The summed E-state index contributed by atoms with van der Waals surface area (Å²) in [5.74, 6) is -0.435. The summed E-state index contributed by atoms with van der Waals surface area (Å²) in [6, 6.07) is 16.0. The van der Waals surface area contributed by atoms with Crippen molar-refractivity contribution in [1.82, 2.24) is 0 Å². The predicted octanol–water partition coefficient (Wildman–Crippen LogP) is 2.65. The zero-order valence-corrected chi connectivity index (χ0v) is 12.2. The Morgan fingerprint density at radius 1 is 1.14 bits per heavy atom. The van der Waals surface area contributed by atoms with Crippen LogP contribution in [0.15, 0.2) is 54.6 Å². The quantitative estimate of drug-likeness (QED) is 0.645. The summed E-state index contributed by atoms with van der Waals surface area (Å²) >= 11 is 0. The van der Waals surface area contributed by atoms with Crippen LogP contribution >= 0.6 is 0 Å². The molecule has 2 aromatic carbocycles. The highest BCUT2D eigenvalue weighted by Crippen LogP contribution is 2.38. The highest BCUT2D eigenvalue weighted by molar-refractivity contribution is 6.10. The lowest BCUT2D eigenvalue weighted by molar-refractivity contribution is -0.169. The highest BCUT2D eigenvalue weighted by atomic mass is 16.6. The van der Waals surface area contributed by atoms with Gasteiger partial charge in [0.1, 0.15) is 5.75 Å². The van der Waals surface area contributed by atoms with E-state index in [1.54, 1.807) is 37.3 Å². The SMILES string of the molecule is CCOC(=O)C1(c2ccccc2)Oc2ccccc2CC1=O. The maximum atomic E-state index is 12.8. The smallest absolute Gasteiger partial charge is 0.363 e. The number of para-hydroxylation sites is 1. The van der Waals surface area contributed by atoms with Crippen LogP contribution in [0.5, 0.6) is 5.75 Å². The summed E-state index contributed by atoms with van der Waals surface area (Å²) in [6.07, 6.45) is 0.143. The van der Waals surface area contributed by atoms with E-state index < -0.39 is 11.6 Å². The van der Waals surface area contributed by atoms with Crippen LogP contribution in [0, 0.1) is 0 Å². The summed E-state index contributed by atoms with van der Waals surface area (Å²) in [6.45, 7) is 1.89. The molecule has 4 nitrogen and oxygen atoms in total. The van der Waals surface area contributed by atoms with Gasteiger partial charge >= 0.3 is 5.97 Å². The molecule has 0 N–H and O–H groups in total. The largest absolute Gasteiger partial charge is 0.462 e. The van der Waals surface area contributed by atoms with E-state index in [0.717, 1.165) is 5.56 Å². The van der Waals surface area contributed by atoms with Crippen LogP contribution in [-0.2, 0) is 26.3 Å². The average molecular weight is 296 g/mol. The molecule has 3 rings (SSSR count). The van der Waals surface area contributed by atoms with E-state index in [-0.39, 0.29) is 18.8 Å². The van der Waals surface area contributed by atoms with Crippen molar-refractivity contribution in [2.45, 2.75) is 18.9 Å².